The molecule has 2 aliphatic heterocycles. The Bertz CT molecular complexity index is 1360. The Kier molecular flexibility index (Phi) is 6.08. The molecule has 1 atom stereocenters. The van der Waals surface area contributed by atoms with Gasteiger partial charge in [0.2, 0.25) is 11.9 Å². The van der Waals surface area contributed by atoms with Crippen LogP contribution in [0.1, 0.15) is 11.1 Å². The zero-order valence-corrected chi connectivity index (χ0v) is 19.2. The largest absolute Gasteiger partial charge is 0.379 e. The van der Waals surface area contributed by atoms with Crippen molar-refractivity contribution in [3.63, 3.8) is 0 Å². The van der Waals surface area contributed by atoms with E-state index in [1.807, 2.05) is 36.2 Å². The molecule has 1 fully saturated rings. The van der Waals surface area contributed by atoms with Crippen LogP contribution in [0.4, 0.5) is 17.3 Å². The lowest BCUT2D eigenvalue weighted by Gasteiger charge is -2.30. The highest BCUT2D eigenvalue weighted by molar-refractivity contribution is 5.96. The van der Waals surface area contributed by atoms with Gasteiger partial charge in [0.05, 0.1) is 30.2 Å². The third-order valence-corrected chi connectivity index (χ3v) is 5.87. The van der Waals surface area contributed by atoms with Crippen LogP contribution in [0, 0.1) is 18.3 Å². The number of aromatic amines is 1. The van der Waals surface area contributed by atoms with Gasteiger partial charge in [-0.25, -0.2) is 4.99 Å². The first-order valence-electron chi connectivity index (χ1n) is 11.2. The van der Waals surface area contributed by atoms with Crippen molar-refractivity contribution >= 4 is 29.4 Å². The van der Waals surface area contributed by atoms with Crippen molar-refractivity contribution in [2.75, 3.05) is 43.6 Å². The number of hydrogen-bond donors (Lipinski definition) is 2. The average Bonchev–Trinajstić information content (AvgIpc) is 3.13. The maximum Gasteiger partial charge on any atom is 0.229 e. The van der Waals surface area contributed by atoms with Gasteiger partial charge in [0.1, 0.15) is 6.17 Å². The minimum absolute atomic E-state index is 0.211. The van der Waals surface area contributed by atoms with Crippen LogP contribution in [0.2, 0.25) is 0 Å². The summed E-state index contributed by atoms with van der Waals surface area (Å²) < 4.78 is 5.54. The topological polar surface area (TPSA) is 105 Å². The third-order valence-electron chi connectivity index (χ3n) is 5.87. The van der Waals surface area contributed by atoms with E-state index in [0.717, 1.165) is 29.8 Å². The maximum absolute atomic E-state index is 9.12. The number of fused-ring (bicyclic) bond motifs is 1. The number of H-pyrrole nitrogens is 1. The van der Waals surface area contributed by atoms with Gasteiger partial charge in [-0.2, -0.15) is 15.2 Å². The summed E-state index contributed by atoms with van der Waals surface area (Å²) in [5.41, 5.74) is 4.19. The highest BCUT2D eigenvalue weighted by atomic mass is 16.5. The normalized spacial score (nSPS) is 17.9. The molecule has 0 saturated carbocycles. The number of anilines is 3. The summed E-state index contributed by atoms with van der Waals surface area (Å²) >= 11 is 0. The van der Waals surface area contributed by atoms with Crippen LogP contribution in [0.25, 0.3) is 6.08 Å². The van der Waals surface area contributed by atoms with Crippen molar-refractivity contribution in [3.8, 4) is 6.07 Å². The van der Waals surface area contributed by atoms with E-state index < -0.39 is 0 Å². The maximum atomic E-state index is 9.12. The van der Waals surface area contributed by atoms with Crippen molar-refractivity contribution in [2.45, 2.75) is 13.1 Å². The summed E-state index contributed by atoms with van der Waals surface area (Å²) in [5, 5.41) is 13.3. The molecule has 2 aromatic carbocycles. The molecule has 172 valence electrons. The van der Waals surface area contributed by atoms with Crippen molar-refractivity contribution in [1.82, 2.24) is 14.9 Å². The number of benzene rings is 2. The predicted octanol–water partition coefficient (Wildman–Crippen LogP) is 1.90. The fourth-order valence-corrected chi connectivity index (χ4v) is 3.99. The van der Waals surface area contributed by atoms with Crippen LogP contribution < -0.4 is 21.1 Å². The second-order valence-corrected chi connectivity index (χ2v) is 8.30. The second kappa shape index (κ2) is 9.47. The van der Waals surface area contributed by atoms with Gasteiger partial charge in [0.25, 0.3) is 0 Å². The number of aryl methyl sites for hydroxylation is 1. The molecule has 2 N–H and O–H groups in total. The molecule has 0 spiro atoms. The number of aliphatic imine (C=N–C) groups is 1. The summed E-state index contributed by atoms with van der Waals surface area (Å²) in [7, 11) is 1.92. The molecule has 1 unspecified atom stereocenters. The molecule has 3 aromatic rings. The van der Waals surface area contributed by atoms with Gasteiger partial charge in [-0.05, 0) is 55.0 Å². The van der Waals surface area contributed by atoms with E-state index in [4.69, 9.17) is 25.0 Å². The highest BCUT2D eigenvalue weighted by Crippen LogP contribution is 2.17. The monoisotopic (exact) mass is 454 g/mol. The molecular formula is C25H26N8O. The Labute approximate surface area is 197 Å². The van der Waals surface area contributed by atoms with Gasteiger partial charge in [0.15, 0.2) is 5.49 Å². The molecule has 9 heteroatoms. The Morgan fingerprint density at radius 1 is 1.18 bits per heavy atom. The average molecular weight is 455 g/mol. The fraction of sp³-hybridized carbons (Fsp3) is 0.280. The lowest BCUT2D eigenvalue weighted by Crippen LogP contribution is -2.43. The van der Waals surface area contributed by atoms with Crippen molar-refractivity contribution in [2.24, 2.45) is 9.98 Å². The minimum atomic E-state index is -0.211. The molecule has 5 rings (SSSR count). The van der Waals surface area contributed by atoms with Crippen LogP contribution in [0.5, 0.6) is 0 Å². The molecule has 0 radical (unpaired) electrons. The van der Waals surface area contributed by atoms with Crippen LogP contribution in [-0.2, 0) is 4.74 Å². The summed E-state index contributed by atoms with van der Waals surface area (Å²) in [4.78, 5) is 22.1. The van der Waals surface area contributed by atoms with Gasteiger partial charge in [-0.3, -0.25) is 4.90 Å². The van der Waals surface area contributed by atoms with Crippen LogP contribution in [0.3, 0.4) is 0 Å². The summed E-state index contributed by atoms with van der Waals surface area (Å²) in [5.74, 6) is 1.17. The molecule has 0 amide bonds. The fourth-order valence-electron chi connectivity index (χ4n) is 3.99. The lowest BCUT2D eigenvalue weighted by molar-refractivity contribution is 0.0296. The van der Waals surface area contributed by atoms with Gasteiger partial charge in [0, 0.05) is 31.5 Å². The molecule has 34 heavy (non-hydrogen) atoms. The SMILES string of the molecule is Cc1cccc(Nc2nc3c([nH]2)=CC(N2CCOCC2)N=C(N(C)c2ccc(C#N)cc2)N=3)c1. The number of morpholine rings is 1. The van der Waals surface area contributed by atoms with Gasteiger partial charge in [-0.1, -0.05) is 12.1 Å². The Morgan fingerprint density at radius 2 is 1.97 bits per heavy atom. The molecular weight excluding hydrogens is 428 g/mol. The standard InChI is InChI=1S/C25H26N8O/c1-17-4-3-5-19(14-17)27-24-28-21-15-22(33-10-12-34-13-11-33)29-25(31-23(21)30-24)32(2)20-8-6-18(16-26)7-9-20/h3-9,14-15,22H,10-13H2,1-2H3,(H2,27,28,29,30,31). The first-order valence-corrected chi connectivity index (χ1v) is 11.2. The second-order valence-electron chi connectivity index (χ2n) is 8.30. The predicted molar refractivity (Wildman–Crippen MR) is 131 cm³/mol. The number of imidazole rings is 1. The van der Waals surface area contributed by atoms with E-state index in [1.165, 1.54) is 5.56 Å². The van der Waals surface area contributed by atoms with E-state index >= 15 is 0 Å². The number of nitriles is 1. The molecule has 9 nitrogen and oxygen atoms in total. The number of guanidine groups is 1. The van der Waals surface area contributed by atoms with E-state index in [1.54, 1.807) is 12.1 Å². The molecule has 1 saturated heterocycles. The minimum Gasteiger partial charge on any atom is -0.379 e. The van der Waals surface area contributed by atoms with Crippen molar-refractivity contribution in [3.05, 3.63) is 70.5 Å². The molecule has 0 bridgehead atoms. The summed E-state index contributed by atoms with van der Waals surface area (Å²) in [6.07, 6.45) is 1.86. The Balaban J connectivity index is 1.53. The zero-order valence-electron chi connectivity index (χ0n) is 19.2. The number of ether oxygens (including phenoxy) is 1. The summed E-state index contributed by atoms with van der Waals surface area (Å²) in [6, 6.07) is 17.7. The lowest BCUT2D eigenvalue weighted by atomic mass is 10.2. The number of aromatic nitrogens is 2. The number of rotatable bonds is 4. The quantitative estimate of drug-likeness (QED) is 0.624. The number of nitrogens with zero attached hydrogens (tertiary/aromatic N) is 6. The summed E-state index contributed by atoms with van der Waals surface area (Å²) in [6.45, 7) is 4.98. The van der Waals surface area contributed by atoms with Crippen LogP contribution in [0.15, 0.2) is 58.5 Å². The van der Waals surface area contributed by atoms with Crippen molar-refractivity contribution < 1.29 is 4.74 Å². The third kappa shape index (κ3) is 4.69. The van der Waals surface area contributed by atoms with Crippen LogP contribution in [-0.4, -0.2) is 60.3 Å². The first-order chi connectivity index (χ1) is 16.6. The Hall–Kier alpha value is -4.00. The van der Waals surface area contributed by atoms with Gasteiger partial charge >= 0.3 is 0 Å². The number of hydrogen-bond acceptors (Lipinski definition) is 8. The van der Waals surface area contributed by atoms with Gasteiger partial charge in [-0.15, -0.1) is 0 Å². The van der Waals surface area contributed by atoms with Crippen molar-refractivity contribution in [1.29, 1.82) is 5.26 Å². The highest BCUT2D eigenvalue weighted by Gasteiger charge is 2.23. The van der Waals surface area contributed by atoms with Crippen LogP contribution >= 0.6 is 0 Å². The molecule has 2 aliphatic rings. The molecule has 3 heterocycles. The van der Waals surface area contributed by atoms with Gasteiger partial charge < -0.3 is 19.9 Å². The Morgan fingerprint density at radius 3 is 2.71 bits per heavy atom. The van der Waals surface area contributed by atoms with E-state index in [-0.39, 0.29) is 6.17 Å². The zero-order chi connectivity index (χ0) is 23.5. The van der Waals surface area contributed by atoms with E-state index in [0.29, 0.717) is 36.2 Å². The van der Waals surface area contributed by atoms with E-state index in [9.17, 15) is 0 Å². The first kappa shape index (κ1) is 21.8. The molecule has 1 aromatic heterocycles. The van der Waals surface area contributed by atoms with E-state index in [2.05, 4.69) is 46.4 Å². The number of nitrogens with one attached hydrogen (secondary N) is 2. The smallest absolute Gasteiger partial charge is 0.229 e. The molecule has 0 aliphatic carbocycles.